The predicted octanol–water partition coefficient (Wildman–Crippen LogP) is 2.99. The van der Waals surface area contributed by atoms with Crippen molar-refractivity contribution < 1.29 is 4.74 Å². The van der Waals surface area contributed by atoms with Gasteiger partial charge in [0.05, 0.1) is 7.11 Å². The number of rotatable bonds is 1. The second kappa shape index (κ2) is 3.99. The van der Waals surface area contributed by atoms with Crippen LogP contribution in [0, 0.1) is 5.92 Å². The topological polar surface area (TPSA) is 12.5 Å². The fourth-order valence-electron chi connectivity index (χ4n) is 5.16. The normalized spacial score (nSPS) is 36.7. The van der Waals surface area contributed by atoms with Gasteiger partial charge in [0, 0.05) is 18.0 Å². The zero-order valence-corrected chi connectivity index (χ0v) is 12.0. The molecule has 102 valence electrons. The van der Waals surface area contributed by atoms with E-state index in [-0.39, 0.29) is 0 Å². The fourth-order valence-corrected chi connectivity index (χ4v) is 5.16. The summed E-state index contributed by atoms with van der Waals surface area (Å²) in [5.74, 6) is 1.91. The van der Waals surface area contributed by atoms with Crippen LogP contribution < -0.4 is 4.74 Å². The second-order valence-corrected chi connectivity index (χ2v) is 6.72. The molecule has 19 heavy (non-hydrogen) atoms. The van der Waals surface area contributed by atoms with Crippen LogP contribution in [0.5, 0.6) is 5.75 Å². The summed E-state index contributed by atoms with van der Waals surface area (Å²) in [6.45, 7) is 1.25. The van der Waals surface area contributed by atoms with Crippen molar-refractivity contribution >= 4 is 0 Å². The summed E-state index contributed by atoms with van der Waals surface area (Å²) in [5.41, 5.74) is 3.62. The summed E-state index contributed by atoms with van der Waals surface area (Å²) in [7, 11) is 4.11. The number of fused-ring (bicyclic) bond motifs is 1. The van der Waals surface area contributed by atoms with Crippen molar-refractivity contribution in [2.24, 2.45) is 5.92 Å². The summed E-state index contributed by atoms with van der Waals surface area (Å²) >= 11 is 0. The van der Waals surface area contributed by atoms with Crippen LogP contribution in [0.4, 0.5) is 0 Å². The van der Waals surface area contributed by atoms with Crippen molar-refractivity contribution in [3.8, 4) is 5.75 Å². The van der Waals surface area contributed by atoms with E-state index in [4.69, 9.17) is 4.74 Å². The minimum Gasteiger partial charge on any atom is -0.497 e. The molecule has 0 N–H and O–H groups in total. The molecule has 0 aromatic heterocycles. The van der Waals surface area contributed by atoms with Gasteiger partial charge in [-0.1, -0.05) is 18.9 Å². The van der Waals surface area contributed by atoms with Crippen LogP contribution in [0.25, 0.3) is 0 Å². The molecule has 1 saturated carbocycles. The Morgan fingerprint density at radius 2 is 2.21 bits per heavy atom. The monoisotopic (exact) mass is 257 g/mol. The maximum absolute atomic E-state index is 5.48. The molecule has 1 aliphatic heterocycles. The number of likely N-dealkylation sites (N-methyl/N-ethyl adjacent to an activating group) is 1. The molecule has 0 spiro atoms. The van der Waals surface area contributed by atoms with E-state index in [0.717, 1.165) is 17.7 Å². The first-order chi connectivity index (χ1) is 9.24. The van der Waals surface area contributed by atoms with Crippen molar-refractivity contribution in [2.45, 2.75) is 43.6 Å². The SMILES string of the molecule is COc1ccc2c(c1)C13CCCCC1C(C2)N(C)C3. The van der Waals surface area contributed by atoms with E-state index < -0.39 is 0 Å². The minimum atomic E-state index is 0.430. The van der Waals surface area contributed by atoms with E-state index in [1.54, 1.807) is 18.2 Å². The number of ether oxygens (including phenoxy) is 1. The molecular weight excluding hydrogens is 234 g/mol. The van der Waals surface area contributed by atoms with E-state index in [1.165, 1.54) is 38.6 Å². The molecule has 3 atom stereocenters. The molecule has 2 aliphatic carbocycles. The highest BCUT2D eigenvalue weighted by atomic mass is 16.5. The molecule has 0 radical (unpaired) electrons. The number of hydrogen-bond donors (Lipinski definition) is 0. The average molecular weight is 257 g/mol. The van der Waals surface area contributed by atoms with Gasteiger partial charge in [-0.15, -0.1) is 0 Å². The first kappa shape index (κ1) is 11.8. The van der Waals surface area contributed by atoms with Crippen LogP contribution in [0.2, 0.25) is 0 Å². The number of hydrogen-bond acceptors (Lipinski definition) is 2. The van der Waals surface area contributed by atoms with Crippen molar-refractivity contribution in [3.05, 3.63) is 29.3 Å². The lowest BCUT2D eigenvalue weighted by molar-refractivity contribution is 0.191. The molecule has 1 aromatic carbocycles. The molecule has 1 heterocycles. The third-order valence-corrected chi connectivity index (χ3v) is 5.94. The van der Waals surface area contributed by atoms with Gasteiger partial charge in [-0.25, -0.2) is 0 Å². The summed E-state index contributed by atoms with van der Waals surface area (Å²) < 4.78 is 5.48. The maximum Gasteiger partial charge on any atom is 0.119 e. The Kier molecular flexibility index (Phi) is 2.47. The van der Waals surface area contributed by atoms with Gasteiger partial charge in [0.15, 0.2) is 0 Å². The molecule has 1 aromatic rings. The summed E-state index contributed by atoms with van der Waals surface area (Å²) in [4.78, 5) is 2.63. The lowest BCUT2D eigenvalue weighted by atomic mass is 9.58. The van der Waals surface area contributed by atoms with Gasteiger partial charge in [0.2, 0.25) is 0 Å². The second-order valence-electron chi connectivity index (χ2n) is 6.72. The molecule has 0 amide bonds. The van der Waals surface area contributed by atoms with Gasteiger partial charge in [-0.05, 0) is 55.5 Å². The Morgan fingerprint density at radius 3 is 3.05 bits per heavy atom. The first-order valence-corrected chi connectivity index (χ1v) is 7.62. The minimum absolute atomic E-state index is 0.430. The average Bonchev–Trinajstić information content (AvgIpc) is 2.67. The molecule has 2 bridgehead atoms. The Labute approximate surface area is 115 Å². The lowest BCUT2D eigenvalue weighted by Gasteiger charge is -2.45. The Balaban J connectivity index is 1.89. The largest absolute Gasteiger partial charge is 0.497 e. The zero-order chi connectivity index (χ0) is 13.0. The number of nitrogens with zero attached hydrogens (tertiary/aromatic N) is 1. The maximum atomic E-state index is 5.48. The molecule has 2 fully saturated rings. The van der Waals surface area contributed by atoms with Crippen LogP contribution in [-0.2, 0) is 11.8 Å². The van der Waals surface area contributed by atoms with E-state index in [9.17, 15) is 0 Å². The Bertz CT molecular complexity index is 512. The number of methoxy groups -OCH3 is 1. The Hall–Kier alpha value is -1.02. The molecule has 1 saturated heterocycles. The number of likely N-dealkylation sites (tertiary alicyclic amines) is 1. The van der Waals surface area contributed by atoms with Gasteiger partial charge in [-0.2, -0.15) is 0 Å². The van der Waals surface area contributed by atoms with Gasteiger partial charge in [-0.3, -0.25) is 0 Å². The quantitative estimate of drug-likeness (QED) is 0.767. The van der Waals surface area contributed by atoms with Crippen LogP contribution in [0.1, 0.15) is 36.8 Å². The van der Waals surface area contributed by atoms with Gasteiger partial charge in [0.25, 0.3) is 0 Å². The highest BCUT2D eigenvalue weighted by Gasteiger charge is 2.56. The zero-order valence-electron chi connectivity index (χ0n) is 12.0. The van der Waals surface area contributed by atoms with Crippen molar-refractivity contribution in [1.29, 1.82) is 0 Å². The third kappa shape index (κ3) is 1.47. The highest BCUT2D eigenvalue weighted by molar-refractivity contribution is 5.46. The van der Waals surface area contributed by atoms with E-state index in [0.29, 0.717) is 5.41 Å². The van der Waals surface area contributed by atoms with Crippen LogP contribution >= 0.6 is 0 Å². The van der Waals surface area contributed by atoms with Gasteiger partial charge >= 0.3 is 0 Å². The molecule has 3 aliphatic rings. The Morgan fingerprint density at radius 1 is 1.32 bits per heavy atom. The van der Waals surface area contributed by atoms with Crippen molar-refractivity contribution in [3.63, 3.8) is 0 Å². The molecule has 2 nitrogen and oxygen atoms in total. The standard InChI is InChI=1S/C17H23NO/c1-18-11-17-8-4-3-5-14(17)16(18)9-12-6-7-13(19-2)10-15(12)17/h6-7,10,14,16H,3-5,8-9,11H2,1-2H3. The first-order valence-electron chi connectivity index (χ1n) is 7.62. The molecule has 3 unspecified atom stereocenters. The summed E-state index contributed by atoms with van der Waals surface area (Å²) in [5, 5.41) is 0. The molecule has 2 heteroatoms. The predicted molar refractivity (Wildman–Crippen MR) is 76.8 cm³/mol. The van der Waals surface area contributed by atoms with E-state index in [1.807, 2.05) is 0 Å². The fraction of sp³-hybridized carbons (Fsp3) is 0.647. The molecular formula is C17H23NO. The van der Waals surface area contributed by atoms with Gasteiger partial charge in [0.1, 0.15) is 5.75 Å². The van der Waals surface area contributed by atoms with Crippen molar-refractivity contribution in [2.75, 3.05) is 20.7 Å². The third-order valence-electron chi connectivity index (χ3n) is 5.94. The van der Waals surface area contributed by atoms with E-state index >= 15 is 0 Å². The van der Waals surface area contributed by atoms with Crippen LogP contribution in [0.15, 0.2) is 18.2 Å². The lowest BCUT2D eigenvalue weighted by Crippen LogP contribution is -2.44. The summed E-state index contributed by atoms with van der Waals surface area (Å²) in [6, 6.07) is 7.56. The summed E-state index contributed by atoms with van der Waals surface area (Å²) in [6.07, 6.45) is 6.86. The highest BCUT2D eigenvalue weighted by Crippen LogP contribution is 2.56. The van der Waals surface area contributed by atoms with Crippen molar-refractivity contribution in [1.82, 2.24) is 4.90 Å². The van der Waals surface area contributed by atoms with Crippen LogP contribution in [0.3, 0.4) is 0 Å². The van der Waals surface area contributed by atoms with E-state index in [2.05, 4.69) is 30.1 Å². The van der Waals surface area contributed by atoms with Crippen LogP contribution in [-0.4, -0.2) is 31.6 Å². The molecule has 4 rings (SSSR count). The smallest absolute Gasteiger partial charge is 0.119 e. The van der Waals surface area contributed by atoms with Gasteiger partial charge < -0.3 is 9.64 Å². The number of benzene rings is 1.